The molecule has 5 nitrogen and oxygen atoms in total. The molecule has 1 heterocycles. The number of carbonyl (C=O) groups excluding carboxylic acids is 2. The molecule has 6 heteroatoms. The molecule has 0 spiro atoms. The highest BCUT2D eigenvalue weighted by atomic mass is 19.1. The lowest BCUT2D eigenvalue weighted by Crippen LogP contribution is -2.54. The summed E-state index contributed by atoms with van der Waals surface area (Å²) in [7, 11) is 0. The predicted molar refractivity (Wildman–Crippen MR) is 95.4 cm³/mol. The lowest BCUT2D eigenvalue weighted by Gasteiger charge is -2.39. The number of carbonyl (C=O) groups is 2. The van der Waals surface area contributed by atoms with Crippen LogP contribution < -0.4 is 10.6 Å². The highest BCUT2D eigenvalue weighted by Gasteiger charge is 2.39. The van der Waals surface area contributed by atoms with E-state index in [1.165, 1.54) is 12.1 Å². The molecule has 0 aromatic heterocycles. The Labute approximate surface area is 149 Å². The van der Waals surface area contributed by atoms with Crippen LogP contribution in [0.5, 0.6) is 0 Å². The van der Waals surface area contributed by atoms with Crippen molar-refractivity contribution in [1.29, 1.82) is 0 Å². The molecule has 1 aliphatic heterocycles. The molecule has 2 N–H and O–H groups in total. The summed E-state index contributed by atoms with van der Waals surface area (Å²) in [6, 6.07) is 5.97. The third-order valence-corrected chi connectivity index (χ3v) is 4.56. The molecule has 1 aromatic rings. The topological polar surface area (TPSA) is 61.4 Å². The number of nitrogens with zero attached hydrogens (tertiary/aromatic N) is 1. The fraction of sp³-hybridized carbons (Fsp3) is 0.579. The molecule has 0 saturated carbocycles. The number of urea groups is 1. The van der Waals surface area contributed by atoms with Crippen LogP contribution in [-0.2, 0) is 11.3 Å². The minimum Gasteiger partial charge on any atom is -0.351 e. The van der Waals surface area contributed by atoms with Crippen molar-refractivity contribution in [2.45, 2.75) is 40.2 Å². The van der Waals surface area contributed by atoms with Gasteiger partial charge in [0.2, 0.25) is 5.91 Å². The summed E-state index contributed by atoms with van der Waals surface area (Å²) in [6.07, 6.45) is 1.55. The molecule has 1 fully saturated rings. The van der Waals surface area contributed by atoms with Gasteiger partial charge in [0.15, 0.2) is 0 Å². The normalized spacial score (nSPS) is 20.4. The largest absolute Gasteiger partial charge is 0.351 e. The van der Waals surface area contributed by atoms with Crippen molar-refractivity contribution in [1.82, 2.24) is 15.5 Å². The van der Waals surface area contributed by atoms with Crippen LogP contribution >= 0.6 is 0 Å². The number of hydrogen-bond donors (Lipinski definition) is 2. The van der Waals surface area contributed by atoms with E-state index in [-0.39, 0.29) is 17.8 Å². The summed E-state index contributed by atoms with van der Waals surface area (Å²) < 4.78 is 12.9. The molecule has 3 amide bonds. The van der Waals surface area contributed by atoms with Gasteiger partial charge in [-0.05, 0) is 43.4 Å². The van der Waals surface area contributed by atoms with Gasteiger partial charge in [-0.1, -0.05) is 26.0 Å². The summed E-state index contributed by atoms with van der Waals surface area (Å²) in [6.45, 7) is 8.05. The van der Waals surface area contributed by atoms with Gasteiger partial charge in [0.25, 0.3) is 0 Å². The number of nitrogens with one attached hydrogen (secondary N) is 2. The Kier molecular flexibility index (Phi) is 6.39. The van der Waals surface area contributed by atoms with Crippen molar-refractivity contribution in [2.75, 3.05) is 19.6 Å². The van der Waals surface area contributed by atoms with Crippen LogP contribution in [0.3, 0.4) is 0 Å². The van der Waals surface area contributed by atoms with Crippen LogP contribution in [0.15, 0.2) is 24.3 Å². The van der Waals surface area contributed by atoms with Crippen LogP contribution in [0.4, 0.5) is 9.18 Å². The maximum atomic E-state index is 12.9. The Bertz CT molecular complexity index is 603. The van der Waals surface area contributed by atoms with E-state index in [9.17, 15) is 14.0 Å². The average Bonchev–Trinajstić information content (AvgIpc) is 2.58. The van der Waals surface area contributed by atoms with Crippen molar-refractivity contribution >= 4 is 11.9 Å². The number of amides is 3. The molecule has 1 saturated heterocycles. The summed E-state index contributed by atoms with van der Waals surface area (Å²) in [5, 5.41) is 5.83. The van der Waals surface area contributed by atoms with Crippen molar-refractivity contribution in [2.24, 2.45) is 11.3 Å². The first-order valence-corrected chi connectivity index (χ1v) is 8.86. The van der Waals surface area contributed by atoms with Gasteiger partial charge >= 0.3 is 6.03 Å². The van der Waals surface area contributed by atoms with E-state index in [1.54, 1.807) is 17.0 Å². The number of benzene rings is 1. The maximum Gasteiger partial charge on any atom is 0.317 e. The van der Waals surface area contributed by atoms with Gasteiger partial charge in [-0.15, -0.1) is 0 Å². The summed E-state index contributed by atoms with van der Waals surface area (Å²) in [4.78, 5) is 26.6. The molecule has 0 bridgehead atoms. The fourth-order valence-corrected chi connectivity index (χ4v) is 3.00. The van der Waals surface area contributed by atoms with Crippen LogP contribution in [-0.4, -0.2) is 36.5 Å². The number of piperidine rings is 1. The molecular formula is C19H28FN3O2. The Balaban J connectivity index is 1.90. The zero-order valence-corrected chi connectivity index (χ0v) is 15.3. The van der Waals surface area contributed by atoms with E-state index < -0.39 is 5.41 Å². The first kappa shape index (κ1) is 19.2. The molecule has 0 aliphatic carbocycles. The number of halogens is 1. The lowest BCUT2D eigenvalue weighted by atomic mass is 9.81. The van der Waals surface area contributed by atoms with Crippen LogP contribution in [0.25, 0.3) is 0 Å². The second-order valence-corrected chi connectivity index (χ2v) is 7.47. The monoisotopic (exact) mass is 349 g/mol. The Morgan fingerprint density at radius 1 is 1.24 bits per heavy atom. The molecule has 0 unspecified atom stereocenters. The molecule has 2 rings (SSSR count). The standard InChI is InChI=1S/C19H28FN3O2/c1-14(2)11-22-18(25)23-10-4-9-19(3,13-23)17(24)21-12-15-5-7-16(20)8-6-15/h5-8,14H,4,9-13H2,1-3H3,(H,21,24)(H,22,25)/t19-/m0/s1. The number of likely N-dealkylation sites (tertiary alicyclic amines) is 1. The SMILES string of the molecule is CC(C)CNC(=O)N1CCC[C@](C)(C(=O)NCc2ccc(F)cc2)C1. The summed E-state index contributed by atoms with van der Waals surface area (Å²) >= 11 is 0. The first-order valence-electron chi connectivity index (χ1n) is 8.86. The second-order valence-electron chi connectivity index (χ2n) is 7.47. The lowest BCUT2D eigenvalue weighted by molar-refractivity contribution is -0.132. The molecule has 138 valence electrons. The zero-order chi connectivity index (χ0) is 18.4. The maximum absolute atomic E-state index is 12.9. The van der Waals surface area contributed by atoms with Crippen molar-refractivity contribution < 1.29 is 14.0 Å². The highest BCUT2D eigenvalue weighted by molar-refractivity contribution is 5.84. The molecule has 1 aliphatic rings. The van der Waals surface area contributed by atoms with Crippen LogP contribution in [0, 0.1) is 17.2 Å². The first-order chi connectivity index (χ1) is 11.8. The Hall–Kier alpha value is -2.11. The summed E-state index contributed by atoms with van der Waals surface area (Å²) in [5.74, 6) is 0.0229. The quantitative estimate of drug-likeness (QED) is 0.859. The van der Waals surface area contributed by atoms with Crippen molar-refractivity contribution in [3.63, 3.8) is 0 Å². The molecular weight excluding hydrogens is 321 g/mol. The Morgan fingerprint density at radius 2 is 1.92 bits per heavy atom. The van der Waals surface area contributed by atoms with Gasteiger partial charge in [-0.25, -0.2) is 9.18 Å². The van der Waals surface area contributed by atoms with E-state index in [0.717, 1.165) is 18.4 Å². The van der Waals surface area contributed by atoms with Crippen LogP contribution in [0.2, 0.25) is 0 Å². The minimum atomic E-state index is -0.604. The molecule has 25 heavy (non-hydrogen) atoms. The zero-order valence-electron chi connectivity index (χ0n) is 15.3. The van der Waals surface area contributed by atoms with Gasteiger partial charge in [0.05, 0.1) is 5.41 Å². The third kappa shape index (κ3) is 5.44. The molecule has 0 radical (unpaired) electrons. The minimum absolute atomic E-state index is 0.0711. The fourth-order valence-electron chi connectivity index (χ4n) is 3.00. The highest BCUT2D eigenvalue weighted by Crippen LogP contribution is 2.30. The van der Waals surface area contributed by atoms with E-state index in [0.29, 0.717) is 32.1 Å². The summed E-state index contributed by atoms with van der Waals surface area (Å²) in [5.41, 5.74) is 0.244. The van der Waals surface area contributed by atoms with Crippen molar-refractivity contribution in [3.8, 4) is 0 Å². The number of rotatable bonds is 5. The van der Waals surface area contributed by atoms with Crippen molar-refractivity contribution in [3.05, 3.63) is 35.6 Å². The van der Waals surface area contributed by atoms with Gasteiger partial charge < -0.3 is 15.5 Å². The van der Waals surface area contributed by atoms with Gasteiger partial charge in [-0.3, -0.25) is 4.79 Å². The van der Waals surface area contributed by atoms with Gasteiger partial charge in [0.1, 0.15) is 5.82 Å². The smallest absolute Gasteiger partial charge is 0.317 e. The number of hydrogen-bond acceptors (Lipinski definition) is 2. The van der Waals surface area contributed by atoms with Crippen LogP contribution in [0.1, 0.15) is 39.2 Å². The van der Waals surface area contributed by atoms with E-state index >= 15 is 0 Å². The second kappa shape index (κ2) is 8.32. The molecule has 1 atom stereocenters. The van der Waals surface area contributed by atoms with Gasteiger partial charge in [-0.2, -0.15) is 0 Å². The Morgan fingerprint density at radius 3 is 2.56 bits per heavy atom. The predicted octanol–water partition coefficient (Wildman–Crippen LogP) is 2.91. The molecule has 1 aromatic carbocycles. The van der Waals surface area contributed by atoms with E-state index in [1.807, 2.05) is 20.8 Å². The third-order valence-electron chi connectivity index (χ3n) is 4.56. The van der Waals surface area contributed by atoms with Gasteiger partial charge in [0, 0.05) is 26.2 Å². The van der Waals surface area contributed by atoms with E-state index in [2.05, 4.69) is 10.6 Å². The van der Waals surface area contributed by atoms with E-state index in [4.69, 9.17) is 0 Å². The average molecular weight is 349 g/mol.